The van der Waals surface area contributed by atoms with Crippen molar-refractivity contribution in [2.24, 2.45) is 0 Å². The van der Waals surface area contributed by atoms with Gasteiger partial charge >= 0.3 is 0 Å². The van der Waals surface area contributed by atoms with Crippen molar-refractivity contribution in [3.05, 3.63) is 86.9 Å². The van der Waals surface area contributed by atoms with Gasteiger partial charge in [-0.1, -0.05) is 47.1 Å². The molecule has 31 heavy (non-hydrogen) atoms. The van der Waals surface area contributed by atoms with E-state index in [9.17, 15) is 9.59 Å². The molecule has 4 rings (SSSR count). The molecule has 0 fully saturated rings. The molecule has 2 heterocycles. The molecule has 0 bridgehead atoms. The van der Waals surface area contributed by atoms with E-state index < -0.39 is 0 Å². The lowest BCUT2D eigenvalue weighted by Crippen LogP contribution is -2.23. The van der Waals surface area contributed by atoms with Gasteiger partial charge in [0, 0.05) is 11.2 Å². The van der Waals surface area contributed by atoms with Crippen LogP contribution in [-0.4, -0.2) is 26.2 Å². The molecule has 0 saturated heterocycles. The van der Waals surface area contributed by atoms with Crippen LogP contribution in [0.15, 0.2) is 70.7 Å². The third-order valence-electron chi connectivity index (χ3n) is 4.43. The number of nitrogens with one attached hydrogen (secondary N) is 1. The van der Waals surface area contributed by atoms with Crippen molar-refractivity contribution in [3.63, 3.8) is 0 Å². The lowest BCUT2D eigenvalue weighted by atomic mass is 10.2. The number of hydrogen-bond acceptors (Lipinski definition) is 5. The minimum absolute atomic E-state index is 0.0234. The lowest BCUT2D eigenvalue weighted by molar-refractivity contribution is -0.113. The molecule has 6 nitrogen and oxygen atoms in total. The van der Waals surface area contributed by atoms with Gasteiger partial charge in [0.15, 0.2) is 10.3 Å². The van der Waals surface area contributed by atoms with Crippen molar-refractivity contribution in [2.75, 3.05) is 11.1 Å². The molecule has 0 saturated carbocycles. The average molecular weight is 471 g/mol. The largest absolute Gasteiger partial charge is 0.323 e. The van der Waals surface area contributed by atoms with E-state index in [1.807, 2.05) is 31.2 Å². The van der Waals surface area contributed by atoms with Crippen LogP contribution in [0.5, 0.6) is 0 Å². The summed E-state index contributed by atoms with van der Waals surface area (Å²) in [4.78, 5) is 34.3. The summed E-state index contributed by atoms with van der Waals surface area (Å²) < 4.78 is 1.51. The Morgan fingerprint density at radius 2 is 1.97 bits per heavy atom. The number of thioether (sulfide) groups is 1. The van der Waals surface area contributed by atoms with Gasteiger partial charge in [-0.3, -0.25) is 14.2 Å². The van der Waals surface area contributed by atoms with Crippen LogP contribution >= 0.6 is 35.0 Å². The average Bonchev–Trinajstić information content (AvgIpc) is 2.73. The fourth-order valence-corrected chi connectivity index (χ4v) is 4.17. The molecule has 2 aromatic heterocycles. The molecule has 2 aromatic carbocycles. The third-order valence-corrected chi connectivity index (χ3v) is 5.90. The van der Waals surface area contributed by atoms with E-state index in [4.69, 9.17) is 23.2 Å². The Bertz CT molecular complexity index is 1360. The monoisotopic (exact) mass is 470 g/mol. The summed E-state index contributed by atoms with van der Waals surface area (Å²) in [5, 5.41) is 4.24. The highest BCUT2D eigenvalue weighted by Gasteiger charge is 2.16. The van der Waals surface area contributed by atoms with Gasteiger partial charge in [-0.05, 0) is 55.0 Å². The number of aryl methyl sites for hydroxylation is 1. The van der Waals surface area contributed by atoms with Crippen molar-refractivity contribution in [1.29, 1.82) is 0 Å². The number of halogens is 2. The number of benzene rings is 2. The van der Waals surface area contributed by atoms with Crippen LogP contribution in [0.1, 0.15) is 5.56 Å². The molecule has 9 heteroatoms. The van der Waals surface area contributed by atoms with Crippen molar-refractivity contribution >= 4 is 57.5 Å². The highest BCUT2D eigenvalue weighted by atomic mass is 35.5. The summed E-state index contributed by atoms with van der Waals surface area (Å²) >= 11 is 13.2. The van der Waals surface area contributed by atoms with Crippen LogP contribution < -0.4 is 10.9 Å². The Kier molecular flexibility index (Phi) is 6.27. The Labute approximate surface area is 192 Å². The number of pyridine rings is 1. The van der Waals surface area contributed by atoms with Crippen molar-refractivity contribution in [1.82, 2.24) is 14.5 Å². The molecule has 0 radical (unpaired) electrons. The van der Waals surface area contributed by atoms with E-state index in [-0.39, 0.29) is 22.4 Å². The van der Waals surface area contributed by atoms with E-state index >= 15 is 0 Å². The molecular formula is C22H16Cl2N4O2S. The zero-order valence-corrected chi connectivity index (χ0v) is 18.6. The minimum atomic E-state index is -0.295. The topological polar surface area (TPSA) is 76.9 Å². The standard InChI is InChI=1S/C22H16Cl2N4O2S/c1-13-4-2-5-15(10-13)28-21(30)16-8-7-14(23)11-18(16)27-22(28)31-12-19(29)26-17-6-3-9-25-20(17)24/h2-11H,12H2,1H3,(H,26,29). The number of amides is 1. The van der Waals surface area contributed by atoms with E-state index in [2.05, 4.69) is 15.3 Å². The second-order valence-corrected chi connectivity index (χ2v) is 8.45. The molecule has 0 aliphatic rings. The number of carbonyl (C=O) groups excluding carboxylic acids is 1. The molecule has 1 N–H and O–H groups in total. The molecule has 156 valence electrons. The first-order chi connectivity index (χ1) is 14.9. The normalized spacial score (nSPS) is 10.9. The van der Waals surface area contributed by atoms with Crippen molar-refractivity contribution in [3.8, 4) is 5.69 Å². The molecule has 0 aliphatic carbocycles. The summed E-state index contributed by atoms with van der Waals surface area (Å²) in [5.41, 5.74) is 2.34. The second-order valence-electron chi connectivity index (χ2n) is 6.71. The molecule has 4 aromatic rings. The van der Waals surface area contributed by atoms with Crippen LogP contribution in [0, 0.1) is 6.92 Å². The summed E-state index contributed by atoms with van der Waals surface area (Å²) in [6, 6.07) is 15.8. The van der Waals surface area contributed by atoms with Gasteiger partial charge in [0.05, 0.1) is 28.0 Å². The van der Waals surface area contributed by atoms with E-state index in [0.717, 1.165) is 17.3 Å². The maximum atomic E-state index is 13.3. The van der Waals surface area contributed by atoms with Crippen LogP contribution in [0.3, 0.4) is 0 Å². The van der Waals surface area contributed by atoms with Gasteiger partial charge < -0.3 is 5.32 Å². The summed E-state index contributed by atoms with van der Waals surface area (Å²) in [6.45, 7) is 1.95. The maximum absolute atomic E-state index is 13.3. The highest BCUT2D eigenvalue weighted by Crippen LogP contribution is 2.24. The number of carbonyl (C=O) groups is 1. The van der Waals surface area contributed by atoms with Crippen LogP contribution in [0.4, 0.5) is 5.69 Å². The van der Waals surface area contributed by atoms with Crippen LogP contribution in [0.25, 0.3) is 16.6 Å². The third kappa shape index (κ3) is 4.74. The fourth-order valence-electron chi connectivity index (χ4n) is 3.03. The fraction of sp³-hybridized carbons (Fsp3) is 0.0909. The van der Waals surface area contributed by atoms with Gasteiger partial charge in [0.25, 0.3) is 5.56 Å². The minimum Gasteiger partial charge on any atom is -0.323 e. The highest BCUT2D eigenvalue weighted by molar-refractivity contribution is 7.99. The Morgan fingerprint density at radius 3 is 2.74 bits per heavy atom. The number of fused-ring (bicyclic) bond motifs is 1. The summed E-state index contributed by atoms with van der Waals surface area (Å²) in [7, 11) is 0. The SMILES string of the molecule is Cc1cccc(-n2c(SCC(=O)Nc3cccnc3Cl)nc3cc(Cl)ccc3c2=O)c1. The van der Waals surface area contributed by atoms with Crippen LogP contribution in [-0.2, 0) is 4.79 Å². The van der Waals surface area contributed by atoms with Crippen molar-refractivity contribution < 1.29 is 4.79 Å². The van der Waals surface area contributed by atoms with E-state index in [1.165, 1.54) is 10.8 Å². The zero-order chi connectivity index (χ0) is 22.0. The second kappa shape index (κ2) is 9.09. The smallest absolute Gasteiger partial charge is 0.266 e. The molecule has 0 unspecified atom stereocenters. The Balaban J connectivity index is 1.71. The van der Waals surface area contributed by atoms with Gasteiger partial charge in [-0.15, -0.1) is 0 Å². The molecule has 1 amide bonds. The number of nitrogens with zero attached hydrogens (tertiary/aromatic N) is 3. The lowest BCUT2D eigenvalue weighted by Gasteiger charge is -2.14. The molecule has 0 atom stereocenters. The Morgan fingerprint density at radius 1 is 1.13 bits per heavy atom. The maximum Gasteiger partial charge on any atom is 0.266 e. The van der Waals surface area contributed by atoms with E-state index in [0.29, 0.717) is 32.5 Å². The van der Waals surface area contributed by atoms with E-state index in [1.54, 1.807) is 30.3 Å². The number of hydrogen-bond donors (Lipinski definition) is 1. The van der Waals surface area contributed by atoms with Gasteiger partial charge in [0.2, 0.25) is 5.91 Å². The number of rotatable bonds is 5. The predicted molar refractivity (Wildman–Crippen MR) is 126 cm³/mol. The predicted octanol–water partition coefficient (Wildman–Crippen LogP) is 5.13. The van der Waals surface area contributed by atoms with Gasteiger partial charge in [-0.25, -0.2) is 9.97 Å². The van der Waals surface area contributed by atoms with Crippen LogP contribution in [0.2, 0.25) is 10.2 Å². The molecule has 0 aliphatic heterocycles. The van der Waals surface area contributed by atoms with Gasteiger partial charge in [-0.2, -0.15) is 0 Å². The summed E-state index contributed by atoms with van der Waals surface area (Å²) in [5.74, 6) is -0.272. The molecular weight excluding hydrogens is 455 g/mol. The molecule has 0 spiro atoms. The first kappa shape index (κ1) is 21.4. The number of anilines is 1. The Hall–Kier alpha value is -2.87. The quantitative estimate of drug-likeness (QED) is 0.248. The van der Waals surface area contributed by atoms with Crippen molar-refractivity contribution in [2.45, 2.75) is 12.1 Å². The summed E-state index contributed by atoms with van der Waals surface area (Å²) in [6.07, 6.45) is 1.54. The first-order valence-corrected chi connectivity index (χ1v) is 11.0. The van der Waals surface area contributed by atoms with Gasteiger partial charge in [0.1, 0.15) is 0 Å². The zero-order valence-electron chi connectivity index (χ0n) is 16.3. The first-order valence-electron chi connectivity index (χ1n) is 9.25. The number of aromatic nitrogens is 3.